The first-order valence-corrected chi connectivity index (χ1v) is 16.3. The minimum Gasteiger partial charge on any atom is -0.0622 e. The summed E-state index contributed by atoms with van der Waals surface area (Å²) < 4.78 is 0. The molecule has 0 aromatic heterocycles. The van der Waals surface area contributed by atoms with Crippen LogP contribution >= 0.6 is 0 Å². The summed E-state index contributed by atoms with van der Waals surface area (Å²) in [5.41, 5.74) is 21.0. The molecule has 0 saturated carbocycles. The number of benzene rings is 7. The molecule has 46 heavy (non-hydrogen) atoms. The maximum atomic E-state index is 2.44. The molecule has 0 saturated heterocycles. The van der Waals surface area contributed by atoms with Gasteiger partial charge < -0.3 is 0 Å². The molecule has 0 fully saturated rings. The molecule has 0 heterocycles. The van der Waals surface area contributed by atoms with Crippen LogP contribution in [0.5, 0.6) is 0 Å². The lowest BCUT2D eigenvalue weighted by Gasteiger charge is -2.22. The average molecular weight is 589 g/mol. The zero-order chi connectivity index (χ0) is 31.0. The lowest BCUT2D eigenvalue weighted by molar-refractivity contribution is 0.943. The van der Waals surface area contributed by atoms with Crippen molar-refractivity contribution in [2.75, 3.05) is 0 Å². The van der Waals surface area contributed by atoms with Gasteiger partial charge in [0.1, 0.15) is 0 Å². The molecule has 8 rings (SSSR count). The molecule has 0 amide bonds. The van der Waals surface area contributed by atoms with Crippen LogP contribution in [0.4, 0.5) is 0 Å². The third-order valence-electron chi connectivity index (χ3n) is 9.72. The van der Waals surface area contributed by atoms with Gasteiger partial charge in [0.25, 0.3) is 0 Å². The van der Waals surface area contributed by atoms with Crippen molar-refractivity contribution in [1.29, 1.82) is 0 Å². The lowest BCUT2D eigenvalue weighted by Crippen LogP contribution is -2.04. The summed E-state index contributed by atoms with van der Waals surface area (Å²) in [5, 5.41) is 0. The minimum atomic E-state index is 1.05. The molecule has 0 aliphatic heterocycles. The standard InChI is InChI=1S/C46H36/c1-31-12-9-10-17-42(31)44-19-11-18-43(32(44)2)36-23-25-46-38(27-36)21-20-37-26-35(22-24-45(37)46)41-29-39(33-13-5-3-6-14-33)28-40(30-41)34-15-7-4-8-16-34/h3-19,22-30H,20-21H2,1-2H3. The van der Waals surface area contributed by atoms with E-state index in [1.54, 1.807) is 0 Å². The van der Waals surface area contributed by atoms with Crippen molar-refractivity contribution in [2.24, 2.45) is 0 Å². The van der Waals surface area contributed by atoms with E-state index in [4.69, 9.17) is 0 Å². The Hall–Kier alpha value is -5.46. The molecule has 0 unspecified atom stereocenters. The maximum Gasteiger partial charge on any atom is -0.0146 e. The fourth-order valence-corrected chi connectivity index (χ4v) is 7.25. The number of rotatable bonds is 5. The van der Waals surface area contributed by atoms with Crippen LogP contribution in [0, 0.1) is 13.8 Å². The Morgan fingerprint density at radius 3 is 1.39 bits per heavy atom. The van der Waals surface area contributed by atoms with Crippen LogP contribution in [0.25, 0.3) is 66.8 Å². The number of hydrogen-bond acceptors (Lipinski definition) is 0. The van der Waals surface area contributed by atoms with E-state index in [1.807, 2.05) is 0 Å². The first-order valence-electron chi connectivity index (χ1n) is 16.3. The zero-order valence-electron chi connectivity index (χ0n) is 26.4. The topological polar surface area (TPSA) is 0 Å². The highest BCUT2D eigenvalue weighted by atomic mass is 14.2. The second kappa shape index (κ2) is 11.8. The van der Waals surface area contributed by atoms with Gasteiger partial charge >= 0.3 is 0 Å². The van der Waals surface area contributed by atoms with Gasteiger partial charge in [0.2, 0.25) is 0 Å². The van der Waals surface area contributed by atoms with E-state index >= 15 is 0 Å². The summed E-state index contributed by atoms with van der Waals surface area (Å²) in [5.74, 6) is 0. The van der Waals surface area contributed by atoms with Crippen LogP contribution in [0.1, 0.15) is 22.3 Å². The molecule has 0 radical (unpaired) electrons. The van der Waals surface area contributed by atoms with Gasteiger partial charge in [0.05, 0.1) is 0 Å². The fourth-order valence-electron chi connectivity index (χ4n) is 7.25. The van der Waals surface area contributed by atoms with Gasteiger partial charge in [0.15, 0.2) is 0 Å². The monoisotopic (exact) mass is 588 g/mol. The van der Waals surface area contributed by atoms with Crippen LogP contribution in [-0.4, -0.2) is 0 Å². The van der Waals surface area contributed by atoms with Gasteiger partial charge in [-0.25, -0.2) is 0 Å². The molecule has 1 aliphatic rings. The summed E-state index contributed by atoms with van der Waals surface area (Å²) in [4.78, 5) is 0. The largest absolute Gasteiger partial charge is 0.0622 e. The molecule has 7 aromatic carbocycles. The fraction of sp³-hybridized carbons (Fsp3) is 0.0870. The molecular weight excluding hydrogens is 553 g/mol. The Morgan fingerprint density at radius 2 is 0.783 bits per heavy atom. The SMILES string of the molecule is Cc1ccccc1-c1cccc(-c2ccc3c(c2)CCc2cc(-c4cc(-c5ccccc5)cc(-c5ccccc5)c4)ccc2-3)c1C. The highest BCUT2D eigenvalue weighted by Crippen LogP contribution is 2.41. The quantitative estimate of drug-likeness (QED) is 0.188. The molecule has 1 aliphatic carbocycles. The van der Waals surface area contributed by atoms with E-state index in [2.05, 4.69) is 172 Å². The van der Waals surface area contributed by atoms with Gasteiger partial charge in [-0.1, -0.05) is 140 Å². The summed E-state index contributed by atoms with van der Waals surface area (Å²) in [6, 6.07) is 58.1. The Labute approximate surface area is 272 Å². The first-order chi connectivity index (χ1) is 22.6. The van der Waals surface area contributed by atoms with E-state index < -0.39 is 0 Å². The predicted molar refractivity (Wildman–Crippen MR) is 196 cm³/mol. The highest BCUT2D eigenvalue weighted by molar-refractivity contribution is 5.85. The highest BCUT2D eigenvalue weighted by Gasteiger charge is 2.19. The van der Waals surface area contributed by atoms with Crippen molar-refractivity contribution in [1.82, 2.24) is 0 Å². The molecule has 0 spiro atoms. The van der Waals surface area contributed by atoms with Gasteiger partial charge in [-0.3, -0.25) is 0 Å². The Balaban J connectivity index is 1.16. The Kier molecular flexibility index (Phi) is 7.20. The van der Waals surface area contributed by atoms with Crippen molar-refractivity contribution in [3.63, 3.8) is 0 Å². The number of fused-ring (bicyclic) bond motifs is 3. The summed E-state index contributed by atoms with van der Waals surface area (Å²) in [6.45, 7) is 4.47. The van der Waals surface area contributed by atoms with Crippen LogP contribution in [0.15, 0.2) is 158 Å². The number of hydrogen-bond donors (Lipinski definition) is 0. The average Bonchev–Trinajstić information content (AvgIpc) is 3.12. The van der Waals surface area contributed by atoms with E-state index in [-0.39, 0.29) is 0 Å². The molecule has 0 heteroatoms. The summed E-state index contributed by atoms with van der Waals surface area (Å²) in [7, 11) is 0. The molecular formula is C46H36. The third kappa shape index (κ3) is 5.17. The lowest BCUT2D eigenvalue weighted by atomic mass is 9.82. The van der Waals surface area contributed by atoms with Crippen molar-refractivity contribution in [2.45, 2.75) is 26.7 Å². The predicted octanol–water partition coefficient (Wildman–Crippen LogP) is 12.4. The molecule has 0 N–H and O–H groups in total. The van der Waals surface area contributed by atoms with Crippen molar-refractivity contribution in [3.05, 3.63) is 180 Å². The van der Waals surface area contributed by atoms with Crippen molar-refractivity contribution >= 4 is 0 Å². The maximum absolute atomic E-state index is 2.44. The van der Waals surface area contributed by atoms with E-state index in [1.165, 1.54) is 89.0 Å². The van der Waals surface area contributed by atoms with Crippen molar-refractivity contribution in [3.8, 4) is 66.8 Å². The molecule has 7 aromatic rings. The van der Waals surface area contributed by atoms with Gasteiger partial charge in [0, 0.05) is 0 Å². The van der Waals surface area contributed by atoms with E-state index in [0.29, 0.717) is 0 Å². The summed E-state index contributed by atoms with van der Waals surface area (Å²) >= 11 is 0. The Morgan fingerprint density at radius 1 is 0.304 bits per heavy atom. The molecule has 0 bridgehead atoms. The minimum absolute atomic E-state index is 1.05. The van der Waals surface area contributed by atoms with Crippen molar-refractivity contribution < 1.29 is 0 Å². The zero-order valence-corrected chi connectivity index (χ0v) is 26.4. The van der Waals surface area contributed by atoms with Crippen LogP contribution in [0.2, 0.25) is 0 Å². The van der Waals surface area contributed by atoms with E-state index in [9.17, 15) is 0 Å². The molecule has 220 valence electrons. The third-order valence-corrected chi connectivity index (χ3v) is 9.72. The second-order valence-corrected chi connectivity index (χ2v) is 12.6. The van der Waals surface area contributed by atoms with Crippen LogP contribution in [0.3, 0.4) is 0 Å². The number of aryl methyl sites for hydroxylation is 3. The van der Waals surface area contributed by atoms with Crippen LogP contribution in [-0.2, 0) is 12.8 Å². The van der Waals surface area contributed by atoms with Gasteiger partial charge in [-0.05, 0) is 134 Å². The summed E-state index contributed by atoms with van der Waals surface area (Å²) in [6.07, 6.45) is 2.10. The second-order valence-electron chi connectivity index (χ2n) is 12.6. The molecule has 0 nitrogen and oxygen atoms in total. The smallest absolute Gasteiger partial charge is 0.0146 e. The normalized spacial score (nSPS) is 12.0. The molecule has 0 atom stereocenters. The first kappa shape index (κ1) is 28.0. The van der Waals surface area contributed by atoms with Gasteiger partial charge in [-0.2, -0.15) is 0 Å². The van der Waals surface area contributed by atoms with E-state index in [0.717, 1.165) is 12.8 Å². The van der Waals surface area contributed by atoms with Gasteiger partial charge in [-0.15, -0.1) is 0 Å². The van der Waals surface area contributed by atoms with Crippen LogP contribution < -0.4 is 0 Å². The Bertz CT molecular complexity index is 2140.